The van der Waals surface area contributed by atoms with E-state index >= 15 is 0 Å². The van der Waals surface area contributed by atoms with Crippen LogP contribution in [0.4, 0.5) is 4.39 Å². The Morgan fingerprint density at radius 3 is 2.65 bits per heavy atom. The molecule has 0 saturated heterocycles. The highest BCUT2D eigenvalue weighted by molar-refractivity contribution is 7.99. The lowest BCUT2D eigenvalue weighted by molar-refractivity contribution is 0.554. The summed E-state index contributed by atoms with van der Waals surface area (Å²) in [5, 5.41) is 3.25. The topological polar surface area (TPSA) is 58.2 Å². The molecule has 114 valence electrons. The third kappa shape index (κ3) is 5.05. The van der Waals surface area contributed by atoms with Gasteiger partial charge in [0.1, 0.15) is 10.7 Å². The molecule has 1 atom stereocenters. The van der Waals surface area contributed by atoms with Crippen LogP contribution >= 0.6 is 11.8 Å². The van der Waals surface area contributed by atoms with Crippen LogP contribution in [0.2, 0.25) is 0 Å². The number of thioether (sulfide) groups is 1. The van der Waals surface area contributed by atoms with E-state index < -0.39 is 15.8 Å². The van der Waals surface area contributed by atoms with Crippen molar-refractivity contribution in [2.75, 3.05) is 19.8 Å². The predicted octanol–water partition coefficient (Wildman–Crippen LogP) is 1.97. The van der Waals surface area contributed by atoms with E-state index in [1.165, 1.54) is 12.1 Å². The summed E-state index contributed by atoms with van der Waals surface area (Å²) in [4.78, 5) is -0.297. The Kier molecular flexibility index (Phi) is 6.94. The number of halogens is 1. The molecule has 0 saturated carbocycles. The van der Waals surface area contributed by atoms with Gasteiger partial charge in [0.25, 0.3) is 0 Å². The Morgan fingerprint density at radius 2 is 2.10 bits per heavy atom. The second-order valence-electron chi connectivity index (χ2n) is 4.53. The normalized spacial score (nSPS) is 13.4. The van der Waals surface area contributed by atoms with Crippen molar-refractivity contribution in [1.29, 1.82) is 0 Å². The largest absolute Gasteiger partial charge is 0.316 e. The third-order valence-electron chi connectivity index (χ3n) is 2.91. The molecule has 0 bridgehead atoms. The fraction of sp³-hybridized carbons (Fsp3) is 0.538. The van der Waals surface area contributed by atoms with Gasteiger partial charge in [-0.15, -0.1) is 0 Å². The fourth-order valence-corrected chi connectivity index (χ4v) is 3.13. The van der Waals surface area contributed by atoms with Crippen molar-refractivity contribution >= 4 is 21.8 Å². The lowest BCUT2D eigenvalue weighted by Crippen LogP contribution is -2.27. The smallest absolute Gasteiger partial charge is 0.243 e. The number of benzene rings is 1. The molecule has 4 nitrogen and oxygen atoms in total. The van der Waals surface area contributed by atoms with Crippen molar-refractivity contribution in [2.45, 2.75) is 30.0 Å². The molecule has 1 aromatic rings. The van der Waals surface area contributed by atoms with Gasteiger partial charge in [-0.1, -0.05) is 13.0 Å². The van der Waals surface area contributed by atoms with E-state index in [0.29, 0.717) is 30.3 Å². The second-order valence-corrected chi connectivity index (χ2v) is 7.54. The highest BCUT2D eigenvalue weighted by Gasteiger charge is 2.19. The summed E-state index contributed by atoms with van der Waals surface area (Å²) in [6, 6.07) is 4.16. The predicted molar refractivity (Wildman–Crippen MR) is 81.9 cm³/mol. The first-order chi connectivity index (χ1) is 9.40. The second kappa shape index (κ2) is 7.97. The number of sulfonamides is 1. The quantitative estimate of drug-likeness (QED) is 0.769. The maximum absolute atomic E-state index is 13.9. The first kappa shape index (κ1) is 17.4. The van der Waals surface area contributed by atoms with Gasteiger partial charge in [-0.25, -0.2) is 17.5 Å². The summed E-state index contributed by atoms with van der Waals surface area (Å²) >= 11 is 1.67. The Balaban J connectivity index is 2.77. The molecule has 0 radical (unpaired) electrons. The molecule has 1 rings (SSSR count). The van der Waals surface area contributed by atoms with Crippen molar-refractivity contribution in [3.8, 4) is 0 Å². The van der Waals surface area contributed by atoms with Gasteiger partial charge in [0.15, 0.2) is 0 Å². The number of hydrogen-bond donors (Lipinski definition) is 2. The molecule has 20 heavy (non-hydrogen) atoms. The van der Waals surface area contributed by atoms with Gasteiger partial charge in [0.2, 0.25) is 10.0 Å². The summed E-state index contributed by atoms with van der Waals surface area (Å²) in [5.41, 5.74) is 0.708. The van der Waals surface area contributed by atoms with Gasteiger partial charge in [0, 0.05) is 18.3 Å². The molecule has 0 aliphatic heterocycles. The fourth-order valence-electron chi connectivity index (χ4n) is 1.67. The van der Waals surface area contributed by atoms with E-state index in [-0.39, 0.29) is 4.90 Å². The summed E-state index contributed by atoms with van der Waals surface area (Å²) in [5.74, 6) is -0.719. The Labute approximate surface area is 124 Å². The molecular formula is C13H21FN2O2S2. The minimum Gasteiger partial charge on any atom is -0.316 e. The molecule has 0 spiro atoms. The average Bonchev–Trinajstić information content (AvgIpc) is 2.38. The van der Waals surface area contributed by atoms with Crippen LogP contribution in [0.1, 0.15) is 18.9 Å². The number of nitrogens with one attached hydrogen (secondary N) is 2. The van der Waals surface area contributed by atoms with Gasteiger partial charge in [0.05, 0.1) is 0 Å². The zero-order chi connectivity index (χ0) is 15.2. The first-order valence-corrected chi connectivity index (χ1v) is 9.13. The van der Waals surface area contributed by atoms with Crippen molar-refractivity contribution < 1.29 is 12.8 Å². The molecule has 0 amide bonds. The molecule has 1 aromatic carbocycles. The van der Waals surface area contributed by atoms with E-state index in [0.717, 1.165) is 0 Å². The molecule has 0 aromatic heterocycles. The SMILES string of the molecule is CNCc1ccc(S(=O)(=O)NCCC(C)SC)c(F)c1. The zero-order valence-corrected chi connectivity index (χ0v) is 13.6. The van der Waals surface area contributed by atoms with Crippen molar-refractivity contribution in [3.05, 3.63) is 29.6 Å². The molecule has 2 N–H and O–H groups in total. The summed E-state index contributed by atoms with van der Waals surface area (Å²) < 4.78 is 40.3. The summed E-state index contributed by atoms with van der Waals surface area (Å²) in [6.45, 7) is 2.82. The van der Waals surface area contributed by atoms with Gasteiger partial charge < -0.3 is 5.32 Å². The minimum absolute atomic E-state index is 0.297. The Bertz CT molecular complexity index is 535. The monoisotopic (exact) mass is 320 g/mol. The highest BCUT2D eigenvalue weighted by atomic mass is 32.2. The third-order valence-corrected chi connectivity index (χ3v) is 5.45. The van der Waals surface area contributed by atoms with Crippen LogP contribution < -0.4 is 10.0 Å². The van der Waals surface area contributed by atoms with E-state index in [2.05, 4.69) is 10.0 Å². The van der Waals surface area contributed by atoms with E-state index in [1.54, 1.807) is 24.9 Å². The number of hydrogen-bond acceptors (Lipinski definition) is 4. The molecule has 1 unspecified atom stereocenters. The van der Waals surface area contributed by atoms with Crippen LogP contribution in [0.3, 0.4) is 0 Å². The molecular weight excluding hydrogens is 299 g/mol. The Morgan fingerprint density at radius 1 is 1.40 bits per heavy atom. The summed E-state index contributed by atoms with van der Waals surface area (Å²) in [7, 11) is -2.03. The van der Waals surface area contributed by atoms with Crippen LogP contribution in [0, 0.1) is 5.82 Å². The maximum atomic E-state index is 13.9. The van der Waals surface area contributed by atoms with Crippen molar-refractivity contribution in [3.63, 3.8) is 0 Å². The molecule has 0 aliphatic carbocycles. The molecule has 7 heteroatoms. The molecule has 0 aliphatic rings. The van der Waals surface area contributed by atoms with Gasteiger partial charge in [-0.05, 0) is 37.4 Å². The number of rotatable bonds is 8. The van der Waals surface area contributed by atoms with Crippen molar-refractivity contribution in [2.24, 2.45) is 0 Å². The first-order valence-electron chi connectivity index (χ1n) is 6.36. The Hall–Kier alpha value is -0.630. The standard InChI is InChI=1S/C13H21FN2O2S2/c1-10(19-3)6-7-16-20(17,18)13-5-4-11(9-15-2)8-12(13)14/h4-5,8,10,15-16H,6-7,9H2,1-3H3. The van der Waals surface area contributed by atoms with E-state index in [1.807, 2.05) is 13.2 Å². The summed E-state index contributed by atoms with van der Waals surface area (Å²) in [6.07, 6.45) is 2.68. The van der Waals surface area contributed by atoms with Crippen LogP contribution in [-0.2, 0) is 16.6 Å². The minimum atomic E-state index is -3.78. The maximum Gasteiger partial charge on any atom is 0.243 e. The van der Waals surface area contributed by atoms with Crippen LogP contribution in [0.5, 0.6) is 0 Å². The van der Waals surface area contributed by atoms with Gasteiger partial charge in [-0.2, -0.15) is 11.8 Å². The van der Waals surface area contributed by atoms with Crippen molar-refractivity contribution in [1.82, 2.24) is 10.0 Å². The van der Waals surface area contributed by atoms with E-state index in [9.17, 15) is 12.8 Å². The average molecular weight is 320 g/mol. The van der Waals surface area contributed by atoms with E-state index in [4.69, 9.17) is 0 Å². The lowest BCUT2D eigenvalue weighted by Gasteiger charge is -2.11. The van der Waals surface area contributed by atoms with Gasteiger partial charge in [-0.3, -0.25) is 0 Å². The zero-order valence-electron chi connectivity index (χ0n) is 11.9. The highest BCUT2D eigenvalue weighted by Crippen LogP contribution is 2.16. The molecule has 0 fully saturated rings. The van der Waals surface area contributed by atoms with Gasteiger partial charge >= 0.3 is 0 Å². The lowest BCUT2D eigenvalue weighted by atomic mass is 10.2. The van der Waals surface area contributed by atoms with Crippen LogP contribution in [0.15, 0.2) is 23.1 Å². The van der Waals surface area contributed by atoms with Crippen LogP contribution in [-0.4, -0.2) is 33.5 Å². The van der Waals surface area contributed by atoms with Crippen LogP contribution in [0.25, 0.3) is 0 Å². The molecule has 0 heterocycles.